The van der Waals surface area contributed by atoms with Crippen molar-refractivity contribution in [1.82, 2.24) is 5.32 Å². The van der Waals surface area contributed by atoms with E-state index in [1.165, 1.54) is 43.4 Å². The Hall–Kier alpha value is -0.870. The number of aromatic carboxylic acids is 1. The highest BCUT2D eigenvalue weighted by Gasteiger charge is 2.18. The molecule has 1 aliphatic rings. The quantitative estimate of drug-likeness (QED) is 0.781. The van der Waals surface area contributed by atoms with E-state index in [-0.39, 0.29) is 0 Å². The lowest BCUT2D eigenvalue weighted by molar-refractivity contribution is 0.0701. The van der Waals surface area contributed by atoms with E-state index in [1.807, 2.05) is 11.4 Å². The topological polar surface area (TPSA) is 49.3 Å². The zero-order valence-corrected chi connectivity index (χ0v) is 12.3. The second kappa shape index (κ2) is 7.06. The van der Waals surface area contributed by atoms with E-state index in [0.29, 0.717) is 11.4 Å². The first-order valence-electron chi connectivity index (χ1n) is 7.17. The number of carboxylic acids is 1. The van der Waals surface area contributed by atoms with Gasteiger partial charge in [0, 0.05) is 6.54 Å². The summed E-state index contributed by atoms with van der Waals surface area (Å²) in [6.07, 6.45) is 6.71. The van der Waals surface area contributed by atoms with Crippen LogP contribution in [0.4, 0.5) is 0 Å². The molecule has 0 amide bonds. The minimum Gasteiger partial charge on any atom is -0.477 e. The predicted octanol–water partition coefficient (Wildman–Crippen LogP) is 3.75. The van der Waals surface area contributed by atoms with Crippen LogP contribution < -0.4 is 5.32 Å². The van der Waals surface area contributed by atoms with Gasteiger partial charge >= 0.3 is 5.97 Å². The lowest BCUT2D eigenvalue weighted by Gasteiger charge is -2.26. The van der Waals surface area contributed by atoms with Crippen LogP contribution in [0.25, 0.3) is 0 Å². The first-order chi connectivity index (χ1) is 9.16. The summed E-state index contributed by atoms with van der Waals surface area (Å²) >= 11 is 1.30. The van der Waals surface area contributed by atoms with Crippen LogP contribution in [0.1, 0.15) is 54.3 Å². The summed E-state index contributed by atoms with van der Waals surface area (Å²) in [5.74, 6) is 0.930. The Bertz CT molecular complexity index is 416. The van der Waals surface area contributed by atoms with Crippen molar-refractivity contribution in [3.63, 3.8) is 0 Å². The highest BCUT2D eigenvalue weighted by Crippen LogP contribution is 2.30. The third kappa shape index (κ3) is 4.32. The van der Waals surface area contributed by atoms with E-state index >= 15 is 0 Å². The number of nitrogens with one attached hydrogen (secondary N) is 1. The number of carboxylic acid groups (broad SMARTS) is 1. The van der Waals surface area contributed by atoms with Crippen molar-refractivity contribution in [2.75, 3.05) is 6.54 Å². The van der Waals surface area contributed by atoms with Gasteiger partial charge in [-0.05, 0) is 48.2 Å². The first-order valence-corrected chi connectivity index (χ1v) is 8.05. The van der Waals surface area contributed by atoms with Crippen molar-refractivity contribution < 1.29 is 9.90 Å². The SMILES string of the molecule is CC1CCCC(CCNCc2ccsc2C(=O)O)C1. The number of carbonyl (C=O) groups is 1. The molecule has 1 saturated carbocycles. The van der Waals surface area contributed by atoms with Crippen molar-refractivity contribution in [2.24, 2.45) is 11.8 Å². The molecule has 1 heterocycles. The molecular weight excluding hydrogens is 258 g/mol. The zero-order valence-electron chi connectivity index (χ0n) is 11.5. The normalized spacial score (nSPS) is 23.4. The second-order valence-corrected chi connectivity index (χ2v) is 6.60. The molecule has 2 atom stereocenters. The van der Waals surface area contributed by atoms with Gasteiger partial charge in [0.05, 0.1) is 0 Å². The average molecular weight is 281 g/mol. The second-order valence-electron chi connectivity index (χ2n) is 5.68. The minimum atomic E-state index is -0.812. The molecule has 19 heavy (non-hydrogen) atoms. The van der Waals surface area contributed by atoms with Crippen LogP contribution in [0.5, 0.6) is 0 Å². The minimum absolute atomic E-state index is 0.471. The van der Waals surface area contributed by atoms with Crippen molar-refractivity contribution in [2.45, 2.75) is 45.6 Å². The number of thiophene rings is 1. The first kappa shape index (κ1) is 14.5. The molecule has 4 heteroatoms. The average Bonchev–Trinajstić information content (AvgIpc) is 2.83. The molecule has 2 N–H and O–H groups in total. The molecule has 0 aromatic carbocycles. The summed E-state index contributed by atoms with van der Waals surface area (Å²) in [5.41, 5.74) is 0.912. The molecule has 1 fully saturated rings. The summed E-state index contributed by atoms with van der Waals surface area (Å²) in [5, 5.41) is 14.3. The smallest absolute Gasteiger partial charge is 0.346 e. The van der Waals surface area contributed by atoms with Crippen LogP contribution in [0.3, 0.4) is 0 Å². The van der Waals surface area contributed by atoms with Crippen molar-refractivity contribution in [3.8, 4) is 0 Å². The number of hydrogen-bond acceptors (Lipinski definition) is 3. The van der Waals surface area contributed by atoms with Gasteiger partial charge in [0.25, 0.3) is 0 Å². The predicted molar refractivity (Wildman–Crippen MR) is 78.7 cm³/mol. The van der Waals surface area contributed by atoms with Crippen LogP contribution in [-0.4, -0.2) is 17.6 Å². The van der Waals surface area contributed by atoms with Gasteiger partial charge in [-0.15, -0.1) is 11.3 Å². The molecule has 0 radical (unpaired) electrons. The van der Waals surface area contributed by atoms with Crippen molar-refractivity contribution in [3.05, 3.63) is 21.9 Å². The maximum atomic E-state index is 11.0. The Morgan fingerprint density at radius 1 is 1.53 bits per heavy atom. The van der Waals surface area contributed by atoms with E-state index in [2.05, 4.69) is 12.2 Å². The molecule has 0 bridgehead atoms. The van der Waals surface area contributed by atoms with E-state index in [1.54, 1.807) is 0 Å². The highest BCUT2D eigenvalue weighted by molar-refractivity contribution is 7.12. The third-order valence-corrected chi connectivity index (χ3v) is 4.98. The van der Waals surface area contributed by atoms with Crippen molar-refractivity contribution >= 4 is 17.3 Å². The van der Waals surface area contributed by atoms with Gasteiger partial charge in [0.2, 0.25) is 0 Å². The van der Waals surface area contributed by atoms with Crippen LogP contribution in [0.2, 0.25) is 0 Å². The van der Waals surface area contributed by atoms with Crippen LogP contribution >= 0.6 is 11.3 Å². The number of rotatable bonds is 6. The Morgan fingerprint density at radius 2 is 2.37 bits per heavy atom. The monoisotopic (exact) mass is 281 g/mol. The molecule has 1 aliphatic carbocycles. The molecule has 2 rings (SSSR count). The van der Waals surface area contributed by atoms with Gasteiger partial charge in [0.1, 0.15) is 4.88 Å². The van der Waals surface area contributed by atoms with Gasteiger partial charge in [-0.25, -0.2) is 4.79 Å². The maximum absolute atomic E-state index is 11.0. The van der Waals surface area contributed by atoms with E-state index in [0.717, 1.165) is 23.9 Å². The zero-order chi connectivity index (χ0) is 13.7. The Balaban J connectivity index is 1.69. The van der Waals surface area contributed by atoms with Gasteiger partial charge in [-0.2, -0.15) is 0 Å². The summed E-state index contributed by atoms with van der Waals surface area (Å²) in [6.45, 7) is 4.02. The molecule has 3 nitrogen and oxygen atoms in total. The molecule has 0 saturated heterocycles. The summed E-state index contributed by atoms with van der Waals surface area (Å²) < 4.78 is 0. The lowest BCUT2D eigenvalue weighted by atomic mass is 9.81. The fourth-order valence-corrected chi connectivity index (χ4v) is 3.77. The molecular formula is C15H23NO2S. The molecule has 106 valence electrons. The van der Waals surface area contributed by atoms with Gasteiger partial charge in [-0.1, -0.05) is 26.2 Å². The highest BCUT2D eigenvalue weighted by atomic mass is 32.1. The van der Waals surface area contributed by atoms with Gasteiger partial charge in [-0.3, -0.25) is 0 Å². The molecule has 2 unspecified atom stereocenters. The fraction of sp³-hybridized carbons (Fsp3) is 0.667. The Morgan fingerprint density at radius 3 is 3.11 bits per heavy atom. The molecule has 1 aromatic rings. The van der Waals surface area contributed by atoms with Crippen LogP contribution in [-0.2, 0) is 6.54 Å². The Kier molecular flexibility index (Phi) is 5.40. The summed E-state index contributed by atoms with van der Waals surface area (Å²) in [6, 6.07) is 1.91. The van der Waals surface area contributed by atoms with E-state index in [9.17, 15) is 4.79 Å². The number of hydrogen-bond donors (Lipinski definition) is 2. The lowest BCUT2D eigenvalue weighted by Crippen LogP contribution is -2.21. The molecule has 0 spiro atoms. The van der Waals surface area contributed by atoms with Crippen LogP contribution in [0, 0.1) is 11.8 Å². The summed E-state index contributed by atoms with van der Waals surface area (Å²) in [7, 11) is 0. The fourth-order valence-electron chi connectivity index (χ4n) is 3.01. The molecule has 1 aromatic heterocycles. The summed E-state index contributed by atoms with van der Waals surface area (Å²) in [4.78, 5) is 11.5. The maximum Gasteiger partial charge on any atom is 0.346 e. The molecule has 0 aliphatic heterocycles. The largest absolute Gasteiger partial charge is 0.477 e. The van der Waals surface area contributed by atoms with Crippen LogP contribution in [0.15, 0.2) is 11.4 Å². The van der Waals surface area contributed by atoms with Gasteiger partial charge in [0.15, 0.2) is 0 Å². The van der Waals surface area contributed by atoms with E-state index < -0.39 is 5.97 Å². The standard InChI is InChI=1S/C15H23NO2S/c1-11-3-2-4-12(9-11)5-7-16-10-13-6-8-19-14(13)15(17)18/h6,8,11-12,16H,2-5,7,9-10H2,1H3,(H,17,18). The Labute approximate surface area is 119 Å². The third-order valence-electron chi connectivity index (χ3n) is 4.03. The van der Waals surface area contributed by atoms with Crippen molar-refractivity contribution in [1.29, 1.82) is 0 Å². The van der Waals surface area contributed by atoms with Gasteiger partial charge < -0.3 is 10.4 Å². The van der Waals surface area contributed by atoms with E-state index in [4.69, 9.17) is 5.11 Å².